The number of carbonyl (C=O) groups is 2. The maximum atomic E-state index is 12.5. The van der Waals surface area contributed by atoms with Gasteiger partial charge in [-0.25, -0.2) is 14.8 Å². The van der Waals surface area contributed by atoms with E-state index in [1.54, 1.807) is 11.0 Å². The Kier molecular flexibility index (Phi) is 5.47. The number of ether oxygens (including phenoxy) is 1. The number of carbonyl (C=O) groups excluding carboxylic acids is 2. The number of hydrogen-bond acceptors (Lipinski definition) is 6. The molecule has 0 atom stereocenters. The van der Waals surface area contributed by atoms with Crippen LogP contribution in [-0.2, 0) is 4.74 Å². The molecular formula is C22H23N5O3. The molecule has 0 bridgehead atoms. The lowest BCUT2D eigenvalue weighted by Crippen LogP contribution is -2.35. The molecular weight excluding hydrogens is 382 g/mol. The van der Waals surface area contributed by atoms with Crippen molar-refractivity contribution in [3.05, 3.63) is 54.4 Å². The van der Waals surface area contributed by atoms with E-state index in [0.29, 0.717) is 37.8 Å². The van der Waals surface area contributed by atoms with Crippen LogP contribution in [0.5, 0.6) is 0 Å². The lowest BCUT2D eigenvalue weighted by atomic mass is 10.0. The molecule has 0 saturated carbocycles. The maximum Gasteiger partial charge on any atom is 0.409 e. The number of nitrogens with zero attached hydrogens (tertiary/aromatic N) is 4. The number of amides is 2. The minimum absolute atomic E-state index is 0.166. The second kappa shape index (κ2) is 8.36. The summed E-state index contributed by atoms with van der Waals surface area (Å²) in [5.41, 5.74) is 2.53. The summed E-state index contributed by atoms with van der Waals surface area (Å²) in [6.45, 7) is 1.80. The van der Waals surface area contributed by atoms with Crippen molar-refractivity contribution in [2.24, 2.45) is 0 Å². The molecule has 2 aromatic carbocycles. The van der Waals surface area contributed by atoms with E-state index in [0.717, 1.165) is 21.9 Å². The normalized spacial score (nSPS) is 13.4. The van der Waals surface area contributed by atoms with Crippen molar-refractivity contribution >= 4 is 28.7 Å². The molecule has 2 amide bonds. The topological polar surface area (TPSA) is 87.7 Å². The minimum Gasteiger partial charge on any atom is -0.448 e. The highest BCUT2D eigenvalue weighted by Crippen LogP contribution is 2.25. The molecule has 0 radical (unpaired) electrons. The number of anilines is 1. The third-order valence-electron chi connectivity index (χ3n) is 4.99. The van der Waals surface area contributed by atoms with Crippen LogP contribution in [0, 0.1) is 0 Å². The number of benzene rings is 2. The van der Waals surface area contributed by atoms with Gasteiger partial charge in [-0.1, -0.05) is 18.2 Å². The Bertz CT molecular complexity index is 1080. The number of hydrogen-bond donors (Lipinski definition) is 1. The Hall–Kier alpha value is -3.68. The minimum atomic E-state index is -0.326. The lowest BCUT2D eigenvalue weighted by Gasteiger charge is -2.13. The van der Waals surface area contributed by atoms with Crippen LogP contribution in [0.25, 0.3) is 21.9 Å². The third kappa shape index (κ3) is 4.17. The fraction of sp³-hybridized carbons (Fsp3) is 0.273. The highest BCUT2D eigenvalue weighted by atomic mass is 16.6. The van der Waals surface area contributed by atoms with Crippen LogP contribution in [0.15, 0.2) is 48.8 Å². The number of aromatic nitrogens is 2. The molecule has 30 heavy (non-hydrogen) atoms. The Morgan fingerprint density at radius 3 is 2.53 bits per heavy atom. The van der Waals surface area contributed by atoms with Crippen molar-refractivity contribution in [3.8, 4) is 11.1 Å². The van der Waals surface area contributed by atoms with Crippen molar-refractivity contribution in [2.45, 2.75) is 0 Å². The van der Waals surface area contributed by atoms with E-state index in [1.807, 2.05) is 55.7 Å². The highest BCUT2D eigenvalue weighted by Gasteiger charge is 2.21. The van der Waals surface area contributed by atoms with Gasteiger partial charge in [0.2, 0.25) is 5.95 Å². The van der Waals surface area contributed by atoms with Gasteiger partial charge >= 0.3 is 6.09 Å². The first-order chi connectivity index (χ1) is 14.5. The Morgan fingerprint density at radius 2 is 1.83 bits per heavy atom. The molecule has 8 nitrogen and oxygen atoms in total. The molecule has 1 fully saturated rings. The third-order valence-corrected chi connectivity index (χ3v) is 4.99. The lowest BCUT2D eigenvalue weighted by molar-refractivity contribution is 0.0949. The van der Waals surface area contributed by atoms with Gasteiger partial charge in [0.1, 0.15) is 6.61 Å². The van der Waals surface area contributed by atoms with Crippen LogP contribution in [-0.4, -0.2) is 67.2 Å². The van der Waals surface area contributed by atoms with Crippen molar-refractivity contribution < 1.29 is 14.3 Å². The zero-order valence-electron chi connectivity index (χ0n) is 17.0. The maximum absolute atomic E-state index is 12.5. The molecule has 1 aliphatic rings. The van der Waals surface area contributed by atoms with E-state index in [1.165, 1.54) is 0 Å². The van der Waals surface area contributed by atoms with Gasteiger partial charge in [0.05, 0.1) is 6.54 Å². The first kappa shape index (κ1) is 19.6. The predicted molar refractivity (Wildman–Crippen MR) is 115 cm³/mol. The summed E-state index contributed by atoms with van der Waals surface area (Å²) in [6.07, 6.45) is 3.29. The molecule has 8 heteroatoms. The second-order valence-corrected chi connectivity index (χ2v) is 7.30. The van der Waals surface area contributed by atoms with Gasteiger partial charge < -0.3 is 19.9 Å². The van der Waals surface area contributed by atoms with Crippen LogP contribution in [0.2, 0.25) is 0 Å². The van der Waals surface area contributed by atoms with E-state index in [-0.39, 0.29) is 12.0 Å². The van der Waals surface area contributed by atoms with Gasteiger partial charge in [0.15, 0.2) is 0 Å². The molecule has 154 valence electrons. The SMILES string of the molecule is CN(C)c1ncc(-c2ccc3cc(C(=O)NCCN4CCOC4=O)ccc3c2)cn1. The number of nitrogens with one attached hydrogen (secondary N) is 1. The summed E-state index contributed by atoms with van der Waals surface area (Å²) in [4.78, 5) is 36.0. The van der Waals surface area contributed by atoms with Gasteiger partial charge in [-0.05, 0) is 34.5 Å². The van der Waals surface area contributed by atoms with E-state index in [2.05, 4.69) is 21.4 Å². The van der Waals surface area contributed by atoms with Gasteiger partial charge in [0, 0.05) is 50.7 Å². The molecule has 0 aliphatic carbocycles. The van der Waals surface area contributed by atoms with Crippen LogP contribution in [0.4, 0.5) is 10.7 Å². The van der Waals surface area contributed by atoms with Crippen molar-refractivity contribution in [2.75, 3.05) is 45.2 Å². The molecule has 1 saturated heterocycles. The Labute approximate surface area is 174 Å². The van der Waals surface area contributed by atoms with Crippen LogP contribution < -0.4 is 10.2 Å². The largest absolute Gasteiger partial charge is 0.448 e. The number of rotatable bonds is 6. The summed E-state index contributed by atoms with van der Waals surface area (Å²) in [5, 5.41) is 4.85. The van der Waals surface area contributed by atoms with E-state index >= 15 is 0 Å². The fourth-order valence-electron chi connectivity index (χ4n) is 3.30. The summed E-state index contributed by atoms with van der Waals surface area (Å²) in [7, 11) is 3.80. The Morgan fingerprint density at radius 1 is 1.10 bits per heavy atom. The summed E-state index contributed by atoms with van der Waals surface area (Å²) >= 11 is 0. The zero-order valence-corrected chi connectivity index (χ0v) is 17.0. The summed E-state index contributed by atoms with van der Waals surface area (Å²) < 4.78 is 4.88. The molecule has 0 unspecified atom stereocenters. The fourth-order valence-corrected chi connectivity index (χ4v) is 3.30. The van der Waals surface area contributed by atoms with Gasteiger partial charge in [0.25, 0.3) is 5.91 Å². The molecule has 1 aromatic heterocycles. The van der Waals surface area contributed by atoms with Crippen LogP contribution in [0.1, 0.15) is 10.4 Å². The van der Waals surface area contributed by atoms with Crippen LogP contribution in [0.3, 0.4) is 0 Å². The van der Waals surface area contributed by atoms with Crippen molar-refractivity contribution in [1.29, 1.82) is 0 Å². The standard InChI is InChI=1S/C22H23N5O3/c1-26(2)21-24-13-19(14-25-21)17-4-3-16-12-18(6-5-15(16)11-17)20(28)23-7-8-27-9-10-30-22(27)29/h3-6,11-14H,7-10H2,1-2H3,(H,23,28). The van der Waals surface area contributed by atoms with Crippen molar-refractivity contribution in [3.63, 3.8) is 0 Å². The second-order valence-electron chi connectivity index (χ2n) is 7.30. The predicted octanol–water partition coefficient (Wildman–Crippen LogP) is 2.54. The Balaban J connectivity index is 1.44. The van der Waals surface area contributed by atoms with Gasteiger partial charge in [-0.3, -0.25) is 4.79 Å². The molecule has 4 rings (SSSR count). The first-order valence-electron chi connectivity index (χ1n) is 9.75. The molecule has 3 aromatic rings. The van der Waals surface area contributed by atoms with E-state index < -0.39 is 0 Å². The van der Waals surface area contributed by atoms with Crippen LogP contribution >= 0.6 is 0 Å². The average molecular weight is 405 g/mol. The highest BCUT2D eigenvalue weighted by molar-refractivity contribution is 5.99. The summed E-state index contributed by atoms with van der Waals surface area (Å²) in [5.74, 6) is 0.498. The quantitative estimate of drug-likeness (QED) is 0.678. The van der Waals surface area contributed by atoms with Gasteiger partial charge in [-0.15, -0.1) is 0 Å². The van der Waals surface area contributed by atoms with E-state index in [9.17, 15) is 9.59 Å². The molecule has 2 heterocycles. The molecule has 1 N–H and O–H groups in total. The summed E-state index contributed by atoms with van der Waals surface area (Å²) in [6, 6.07) is 11.6. The monoisotopic (exact) mass is 405 g/mol. The first-order valence-corrected chi connectivity index (χ1v) is 9.75. The zero-order chi connectivity index (χ0) is 21.1. The average Bonchev–Trinajstić information content (AvgIpc) is 3.17. The number of cyclic esters (lactones) is 1. The van der Waals surface area contributed by atoms with E-state index in [4.69, 9.17) is 4.74 Å². The number of fused-ring (bicyclic) bond motifs is 1. The smallest absolute Gasteiger partial charge is 0.409 e. The molecule has 1 aliphatic heterocycles. The molecule has 0 spiro atoms. The van der Waals surface area contributed by atoms with Crippen molar-refractivity contribution in [1.82, 2.24) is 20.2 Å². The van der Waals surface area contributed by atoms with Gasteiger partial charge in [-0.2, -0.15) is 0 Å².